The van der Waals surface area contributed by atoms with Crippen LogP contribution in [0.25, 0.3) is 5.65 Å². The van der Waals surface area contributed by atoms with E-state index in [1.807, 2.05) is 33.5 Å². The standard InChI is InChI=1S/C16H16N4S/c21-16-19-9-4-3-7-15(19)17-20(16)12-18-10-8-13-5-1-2-6-14(13)11-18/h1-7,9H,8,10-12H2. The zero-order valence-electron chi connectivity index (χ0n) is 11.6. The largest absolute Gasteiger partial charge is 0.280 e. The molecule has 3 heterocycles. The fraction of sp³-hybridized carbons (Fsp3) is 0.250. The van der Waals surface area contributed by atoms with Crippen LogP contribution in [0.3, 0.4) is 0 Å². The van der Waals surface area contributed by atoms with Crippen LogP contribution in [0.15, 0.2) is 48.7 Å². The van der Waals surface area contributed by atoms with Gasteiger partial charge in [-0.3, -0.25) is 9.30 Å². The van der Waals surface area contributed by atoms with Crippen molar-refractivity contribution in [2.75, 3.05) is 6.54 Å². The third-order valence-electron chi connectivity index (χ3n) is 4.03. The van der Waals surface area contributed by atoms with Gasteiger partial charge in [0, 0.05) is 19.3 Å². The van der Waals surface area contributed by atoms with Gasteiger partial charge in [0.1, 0.15) is 0 Å². The first-order chi connectivity index (χ1) is 10.3. The van der Waals surface area contributed by atoms with E-state index in [0.717, 1.165) is 36.6 Å². The average Bonchev–Trinajstić information content (AvgIpc) is 2.84. The Kier molecular flexibility index (Phi) is 3.09. The number of aromatic nitrogens is 3. The summed E-state index contributed by atoms with van der Waals surface area (Å²) in [5.74, 6) is 0. The van der Waals surface area contributed by atoms with Crippen molar-refractivity contribution in [2.45, 2.75) is 19.6 Å². The molecule has 21 heavy (non-hydrogen) atoms. The molecule has 0 atom stereocenters. The second-order valence-corrected chi connectivity index (χ2v) is 5.79. The molecule has 106 valence electrons. The Bertz CT molecular complexity index is 849. The predicted molar refractivity (Wildman–Crippen MR) is 84.6 cm³/mol. The second kappa shape index (κ2) is 5.09. The van der Waals surface area contributed by atoms with Crippen molar-refractivity contribution in [3.05, 3.63) is 64.6 Å². The summed E-state index contributed by atoms with van der Waals surface area (Å²) in [4.78, 5) is 2.39. The lowest BCUT2D eigenvalue weighted by molar-refractivity contribution is 0.188. The fourth-order valence-corrected chi connectivity index (χ4v) is 3.18. The Morgan fingerprint density at radius 2 is 1.86 bits per heavy atom. The molecule has 4 nitrogen and oxygen atoms in total. The molecule has 1 aromatic carbocycles. The number of hydrogen-bond donors (Lipinski definition) is 0. The van der Waals surface area contributed by atoms with E-state index >= 15 is 0 Å². The molecule has 0 aliphatic carbocycles. The van der Waals surface area contributed by atoms with Crippen LogP contribution in [-0.2, 0) is 19.6 Å². The molecule has 4 rings (SSSR count). The quantitative estimate of drug-likeness (QED) is 0.680. The maximum Gasteiger partial charge on any atom is 0.203 e. The van der Waals surface area contributed by atoms with Gasteiger partial charge in [0.2, 0.25) is 4.77 Å². The zero-order chi connectivity index (χ0) is 14.2. The van der Waals surface area contributed by atoms with Crippen molar-refractivity contribution in [3.8, 4) is 0 Å². The van der Waals surface area contributed by atoms with Gasteiger partial charge in [-0.1, -0.05) is 30.3 Å². The molecular weight excluding hydrogens is 280 g/mol. The van der Waals surface area contributed by atoms with Gasteiger partial charge < -0.3 is 0 Å². The fourth-order valence-electron chi connectivity index (χ4n) is 2.92. The average molecular weight is 296 g/mol. The van der Waals surface area contributed by atoms with E-state index < -0.39 is 0 Å². The van der Waals surface area contributed by atoms with Crippen LogP contribution in [0.4, 0.5) is 0 Å². The number of fused-ring (bicyclic) bond motifs is 2. The maximum absolute atomic E-state index is 5.51. The number of rotatable bonds is 2. The van der Waals surface area contributed by atoms with Gasteiger partial charge in [0.05, 0.1) is 6.67 Å². The van der Waals surface area contributed by atoms with Crippen LogP contribution in [0, 0.1) is 4.77 Å². The minimum atomic E-state index is 0.745. The van der Waals surface area contributed by atoms with Crippen molar-refractivity contribution in [1.29, 1.82) is 0 Å². The molecule has 0 radical (unpaired) electrons. The smallest absolute Gasteiger partial charge is 0.203 e. The summed E-state index contributed by atoms with van der Waals surface area (Å²) in [5.41, 5.74) is 3.78. The van der Waals surface area contributed by atoms with Gasteiger partial charge in [-0.25, -0.2) is 4.68 Å². The van der Waals surface area contributed by atoms with Crippen LogP contribution in [-0.4, -0.2) is 25.6 Å². The molecule has 5 heteroatoms. The summed E-state index contributed by atoms with van der Waals surface area (Å²) in [6.07, 6.45) is 3.06. The lowest BCUT2D eigenvalue weighted by Gasteiger charge is -2.28. The lowest BCUT2D eigenvalue weighted by atomic mass is 10.0. The highest BCUT2D eigenvalue weighted by Crippen LogP contribution is 2.19. The molecule has 3 aromatic rings. The van der Waals surface area contributed by atoms with Crippen LogP contribution < -0.4 is 0 Å². The maximum atomic E-state index is 5.51. The molecule has 0 amide bonds. The third-order valence-corrected chi connectivity index (χ3v) is 4.44. The molecular formula is C16H16N4S. The highest BCUT2D eigenvalue weighted by Gasteiger charge is 2.16. The van der Waals surface area contributed by atoms with Gasteiger partial charge in [-0.15, -0.1) is 0 Å². The van der Waals surface area contributed by atoms with Gasteiger partial charge in [-0.2, -0.15) is 5.10 Å². The summed E-state index contributed by atoms with van der Waals surface area (Å²) < 4.78 is 4.62. The highest BCUT2D eigenvalue weighted by molar-refractivity contribution is 7.71. The predicted octanol–water partition coefficient (Wildman–Crippen LogP) is 2.88. The van der Waals surface area contributed by atoms with Crippen LogP contribution in [0.5, 0.6) is 0 Å². The Morgan fingerprint density at radius 1 is 1.05 bits per heavy atom. The molecule has 0 bridgehead atoms. The summed E-state index contributed by atoms with van der Waals surface area (Å²) >= 11 is 5.51. The Balaban J connectivity index is 1.61. The van der Waals surface area contributed by atoms with Crippen LogP contribution in [0.1, 0.15) is 11.1 Å². The molecule has 0 unspecified atom stereocenters. The number of pyridine rings is 1. The number of benzene rings is 1. The Morgan fingerprint density at radius 3 is 2.71 bits per heavy atom. The number of hydrogen-bond acceptors (Lipinski definition) is 3. The molecule has 0 saturated heterocycles. The first-order valence-corrected chi connectivity index (χ1v) is 7.55. The highest BCUT2D eigenvalue weighted by atomic mass is 32.1. The minimum absolute atomic E-state index is 0.745. The third kappa shape index (κ3) is 2.28. The van der Waals surface area contributed by atoms with E-state index in [0.29, 0.717) is 0 Å². The summed E-state index contributed by atoms with van der Waals surface area (Å²) in [7, 11) is 0. The Labute approximate surface area is 128 Å². The summed E-state index contributed by atoms with van der Waals surface area (Å²) in [5, 5.41) is 4.60. The van der Waals surface area contributed by atoms with E-state index in [1.165, 1.54) is 11.1 Å². The summed E-state index contributed by atoms with van der Waals surface area (Å²) in [6.45, 7) is 2.76. The molecule has 2 aromatic heterocycles. The van der Waals surface area contributed by atoms with E-state index in [-0.39, 0.29) is 0 Å². The van der Waals surface area contributed by atoms with Crippen molar-refractivity contribution >= 4 is 17.9 Å². The molecule has 1 aliphatic heterocycles. The Hall–Kier alpha value is -1.98. The molecule has 0 spiro atoms. The minimum Gasteiger partial charge on any atom is -0.280 e. The van der Waals surface area contributed by atoms with Gasteiger partial charge in [0.25, 0.3) is 0 Å². The van der Waals surface area contributed by atoms with E-state index in [1.54, 1.807) is 0 Å². The van der Waals surface area contributed by atoms with Crippen molar-refractivity contribution < 1.29 is 0 Å². The van der Waals surface area contributed by atoms with Crippen molar-refractivity contribution in [2.24, 2.45) is 0 Å². The molecule has 1 aliphatic rings. The second-order valence-electron chi connectivity index (χ2n) is 5.42. The van der Waals surface area contributed by atoms with Gasteiger partial charge >= 0.3 is 0 Å². The molecule has 0 N–H and O–H groups in total. The number of nitrogens with zero attached hydrogens (tertiary/aromatic N) is 4. The molecule has 0 saturated carbocycles. The SMILES string of the molecule is S=c1n(CN2CCc3ccccc3C2)nc2ccccn12. The van der Waals surface area contributed by atoms with Crippen molar-refractivity contribution in [1.82, 2.24) is 19.1 Å². The monoisotopic (exact) mass is 296 g/mol. The summed E-state index contributed by atoms with van der Waals surface area (Å²) in [6, 6.07) is 14.6. The normalized spacial score (nSPS) is 15.2. The van der Waals surface area contributed by atoms with Crippen LogP contribution in [0.2, 0.25) is 0 Å². The topological polar surface area (TPSA) is 25.5 Å². The first-order valence-electron chi connectivity index (χ1n) is 7.14. The van der Waals surface area contributed by atoms with Gasteiger partial charge in [0.15, 0.2) is 5.65 Å². The first kappa shape index (κ1) is 12.7. The van der Waals surface area contributed by atoms with Crippen molar-refractivity contribution in [3.63, 3.8) is 0 Å². The van der Waals surface area contributed by atoms with Gasteiger partial charge in [-0.05, 0) is 41.9 Å². The lowest BCUT2D eigenvalue weighted by Crippen LogP contribution is -2.32. The molecule has 0 fully saturated rings. The van der Waals surface area contributed by atoms with E-state index in [2.05, 4.69) is 34.3 Å². The zero-order valence-corrected chi connectivity index (χ0v) is 12.5. The van der Waals surface area contributed by atoms with Crippen LogP contribution >= 0.6 is 12.2 Å². The van der Waals surface area contributed by atoms with E-state index in [9.17, 15) is 0 Å². The van der Waals surface area contributed by atoms with E-state index in [4.69, 9.17) is 12.2 Å².